The summed E-state index contributed by atoms with van der Waals surface area (Å²) in [6, 6.07) is 9.20. The second-order valence-electron chi connectivity index (χ2n) is 4.73. The zero-order valence-electron chi connectivity index (χ0n) is 12.3. The molecule has 4 heteroatoms. The van der Waals surface area contributed by atoms with Gasteiger partial charge >= 0.3 is 0 Å². The second kappa shape index (κ2) is 7.81. The quantitative estimate of drug-likeness (QED) is 0.753. The maximum atomic E-state index is 4.62. The molecule has 108 valence electrons. The van der Waals surface area contributed by atoms with Gasteiger partial charge in [-0.3, -0.25) is 0 Å². The molecule has 1 N–H and O–H groups in total. The first kappa shape index (κ1) is 15.5. The van der Waals surface area contributed by atoms with E-state index in [4.69, 9.17) is 0 Å². The van der Waals surface area contributed by atoms with E-state index in [-0.39, 0.29) is 0 Å². The summed E-state index contributed by atoms with van der Waals surface area (Å²) in [6.07, 6.45) is 1.03. The summed E-state index contributed by atoms with van der Waals surface area (Å²) in [6.45, 7) is 7.50. The van der Waals surface area contributed by atoms with Crippen molar-refractivity contribution < 1.29 is 0 Å². The van der Waals surface area contributed by atoms with Crippen molar-refractivity contribution in [1.82, 2.24) is 10.3 Å². The van der Waals surface area contributed by atoms with E-state index in [1.807, 2.05) is 11.8 Å². The first-order chi connectivity index (χ1) is 9.72. The molecule has 0 aliphatic rings. The molecule has 1 unspecified atom stereocenters. The van der Waals surface area contributed by atoms with Crippen LogP contribution >= 0.6 is 23.1 Å². The molecule has 0 saturated carbocycles. The molecule has 1 aromatic carbocycles. The van der Waals surface area contributed by atoms with Gasteiger partial charge in [0.25, 0.3) is 0 Å². The normalized spacial score (nSPS) is 12.6. The van der Waals surface area contributed by atoms with Crippen LogP contribution in [0.3, 0.4) is 0 Å². The third kappa shape index (κ3) is 4.33. The highest BCUT2D eigenvalue weighted by atomic mass is 32.2. The lowest BCUT2D eigenvalue weighted by molar-refractivity contribution is 0.597. The van der Waals surface area contributed by atoms with Gasteiger partial charge in [-0.05, 0) is 37.6 Å². The Hall–Kier alpha value is -0.840. The van der Waals surface area contributed by atoms with Gasteiger partial charge < -0.3 is 5.32 Å². The minimum atomic E-state index is 0.409. The predicted octanol–water partition coefficient (Wildman–Crippen LogP) is 4.67. The molecule has 1 heterocycles. The molecule has 1 aromatic heterocycles. The Balaban J connectivity index is 1.97. The molecule has 1 atom stereocenters. The Labute approximate surface area is 130 Å². The summed E-state index contributed by atoms with van der Waals surface area (Å²) < 4.78 is 0. The number of hydrogen-bond donors (Lipinski definition) is 1. The molecule has 2 aromatic rings. The van der Waals surface area contributed by atoms with E-state index in [0.717, 1.165) is 18.7 Å². The lowest BCUT2D eigenvalue weighted by Gasteiger charge is -2.13. The van der Waals surface area contributed by atoms with E-state index in [9.17, 15) is 0 Å². The maximum absolute atomic E-state index is 4.62. The summed E-state index contributed by atoms with van der Waals surface area (Å²) in [5.74, 6) is 0.954. The minimum Gasteiger partial charge on any atom is -0.310 e. The maximum Gasteiger partial charge on any atom is 0.0925 e. The van der Waals surface area contributed by atoms with Crippen LogP contribution < -0.4 is 5.32 Å². The van der Waals surface area contributed by atoms with Crippen molar-refractivity contribution in [3.05, 3.63) is 45.9 Å². The van der Waals surface area contributed by atoms with E-state index >= 15 is 0 Å². The molecular weight excluding hydrogens is 284 g/mol. The van der Waals surface area contributed by atoms with Crippen molar-refractivity contribution in [2.24, 2.45) is 0 Å². The van der Waals surface area contributed by atoms with Crippen molar-refractivity contribution in [3.8, 4) is 0 Å². The van der Waals surface area contributed by atoms with Crippen LogP contribution in [0, 0.1) is 0 Å². The monoisotopic (exact) mass is 306 g/mol. The number of nitrogens with zero attached hydrogens (tertiary/aromatic N) is 1. The van der Waals surface area contributed by atoms with Crippen molar-refractivity contribution in [2.75, 3.05) is 6.54 Å². The number of hydrogen-bond acceptors (Lipinski definition) is 4. The molecular formula is C16H22N2S2. The van der Waals surface area contributed by atoms with Gasteiger partial charge in [-0.1, -0.05) is 26.0 Å². The Morgan fingerprint density at radius 1 is 1.35 bits per heavy atom. The van der Waals surface area contributed by atoms with Crippen LogP contribution in [0.5, 0.6) is 0 Å². The van der Waals surface area contributed by atoms with Gasteiger partial charge in [0, 0.05) is 22.1 Å². The molecule has 0 aliphatic carbocycles. The number of rotatable bonds is 7. The molecule has 0 bridgehead atoms. The number of aromatic nitrogens is 1. The third-order valence-electron chi connectivity index (χ3n) is 3.16. The average Bonchev–Trinajstić information content (AvgIpc) is 2.94. The van der Waals surface area contributed by atoms with Crippen molar-refractivity contribution in [1.29, 1.82) is 0 Å². The molecule has 0 radical (unpaired) electrons. The lowest BCUT2D eigenvalue weighted by atomic mass is 10.1. The smallest absolute Gasteiger partial charge is 0.0925 e. The molecule has 2 rings (SSSR count). The van der Waals surface area contributed by atoms with Crippen molar-refractivity contribution >= 4 is 23.1 Å². The summed E-state index contributed by atoms with van der Waals surface area (Å²) in [5, 5.41) is 6.86. The number of aryl methyl sites for hydroxylation is 1. The molecule has 0 saturated heterocycles. The minimum absolute atomic E-state index is 0.409. The number of thiazole rings is 1. The van der Waals surface area contributed by atoms with Gasteiger partial charge in [0.2, 0.25) is 0 Å². The number of nitrogens with one attached hydrogen (secondary N) is 1. The standard InChI is InChI=1S/C16H22N2S2/c1-4-16-18-14(11-20-16)10-19-15-8-6-7-13(9-15)12(3)17-5-2/h6-9,11-12,17H,4-5,10H2,1-3H3. The van der Waals surface area contributed by atoms with Crippen LogP contribution in [0.25, 0.3) is 0 Å². The number of thioether (sulfide) groups is 1. The zero-order chi connectivity index (χ0) is 14.4. The van der Waals surface area contributed by atoms with Gasteiger partial charge in [0.05, 0.1) is 10.7 Å². The van der Waals surface area contributed by atoms with Crippen LogP contribution in [-0.4, -0.2) is 11.5 Å². The molecule has 20 heavy (non-hydrogen) atoms. The topological polar surface area (TPSA) is 24.9 Å². The SMILES string of the molecule is CCNC(C)c1cccc(SCc2csc(CC)n2)c1. The van der Waals surface area contributed by atoms with Gasteiger partial charge in [-0.25, -0.2) is 4.98 Å². The van der Waals surface area contributed by atoms with Gasteiger partial charge in [-0.15, -0.1) is 23.1 Å². The summed E-state index contributed by atoms with van der Waals surface area (Å²) in [4.78, 5) is 5.93. The Bertz CT molecular complexity index is 537. The molecule has 0 amide bonds. The second-order valence-corrected chi connectivity index (χ2v) is 6.72. The van der Waals surface area contributed by atoms with E-state index in [1.54, 1.807) is 11.3 Å². The summed E-state index contributed by atoms with van der Waals surface area (Å²) in [7, 11) is 0. The molecule has 0 aliphatic heterocycles. The fourth-order valence-electron chi connectivity index (χ4n) is 2.03. The summed E-state index contributed by atoms with van der Waals surface area (Å²) >= 11 is 3.63. The van der Waals surface area contributed by atoms with Crippen molar-refractivity contribution in [3.63, 3.8) is 0 Å². The molecule has 2 nitrogen and oxygen atoms in total. The lowest BCUT2D eigenvalue weighted by Crippen LogP contribution is -2.17. The molecule has 0 fully saturated rings. The fraction of sp³-hybridized carbons (Fsp3) is 0.438. The largest absolute Gasteiger partial charge is 0.310 e. The van der Waals surface area contributed by atoms with Crippen LogP contribution in [-0.2, 0) is 12.2 Å². The van der Waals surface area contributed by atoms with E-state index in [0.29, 0.717) is 6.04 Å². The van der Waals surface area contributed by atoms with Gasteiger partial charge in [0.1, 0.15) is 0 Å². The van der Waals surface area contributed by atoms with E-state index in [2.05, 4.69) is 60.7 Å². The fourth-order valence-corrected chi connectivity index (χ4v) is 3.74. The number of benzene rings is 1. The van der Waals surface area contributed by atoms with Crippen LogP contribution in [0.4, 0.5) is 0 Å². The van der Waals surface area contributed by atoms with Crippen LogP contribution in [0.15, 0.2) is 34.5 Å². The zero-order valence-corrected chi connectivity index (χ0v) is 14.0. The van der Waals surface area contributed by atoms with E-state index < -0.39 is 0 Å². The van der Waals surface area contributed by atoms with Crippen molar-refractivity contribution in [2.45, 2.75) is 43.9 Å². The summed E-state index contributed by atoms with van der Waals surface area (Å²) in [5.41, 5.74) is 2.55. The first-order valence-corrected chi connectivity index (χ1v) is 8.98. The van der Waals surface area contributed by atoms with Crippen LogP contribution in [0.2, 0.25) is 0 Å². The highest BCUT2D eigenvalue weighted by Gasteiger charge is 2.06. The molecule has 0 spiro atoms. The third-order valence-corrected chi connectivity index (χ3v) is 5.23. The predicted molar refractivity (Wildman–Crippen MR) is 89.6 cm³/mol. The van der Waals surface area contributed by atoms with Crippen LogP contribution in [0.1, 0.15) is 43.1 Å². The highest BCUT2D eigenvalue weighted by molar-refractivity contribution is 7.98. The van der Waals surface area contributed by atoms with E-state index in [1.165, 1.54) is 21.2 Å². The average molecular weight is 307 g/mol. The Morgan fingerprint density at radius 2 is 2.20 bits per heavy atom. The highest BCUT2D eigenvalue weighted by Crippen LogP contribution is 2.26. The Kier molecular flexibility index (Phi) is 6.07. The Morgan fingerprint density at radius 3 is 2.90 bits per heavy atom. The van der Waals surface area contributed by atoms with Gasteiger partial charge in [-0.2, -0.15) is 0 Å². The van der Waals surface area contributed by atoms with Gasteiger partial charge in [0.15, 0.2) is 0 Å². The first-order valence-electron chi connectivity index (χ1n) is 7.12.